The summed E-state index contributed by atoms with van der Waals surface area (Å²) in [5, 5.41) is 0. The molecule has 0 amide bonds. The van der Waals surface area contributed by atoms with Crippen LogP contribution in [0.2, 0.25) is 0 Å². The van der Waals surface area contributed by atoms with Gasteiger partial charge in [-0.25, -0.2) is 9.37 Å². The lowest BCUT2D eigenvalue weighted by molar-refractivity contribution is 0.615. The van der Waals surface area contributed by atoms with Crippen molar-refractivity contribution in [2.75, 3.05) is 0 Å². The maximum absolute atomic E-state index is 12.7. The van der Waals surface area contributed by atoms with Crippen molar-refractivity contribution in [1.29, 1.82) is 0 Å². The molecule has 0 fully saturated rings. The van der Waals surface area contributed by atoms with Gasteiger partial charge in [0.15, 0.2) is 0 Å². The lowest BCUT2D eigenvalue weighted by Gasteiger charge is -2.12. The summed E-state index contributed by atoms with van der Waals surface area (Å²) in [6.07, 6.45) is 5.39. The zero-order chi connectivity index (χ0) is 9.97. The van der Waals surface area contributed by atoms with Crippen molar-refractivity contribution >= 4 is 0 Å². The molecule has 0 aliphatic rings. The fraction of sp³-hybridized carbons (Fsp3) is 0.182. The molecule has 72 valence electrons. The number of hydrogen-bond acceptors (Lipinski definition) is 1. The Morgan fingerprint density at radius 2 is 2.00 bits per heavy atom. The second-order valence-corrected chi connectivity index (χ2v) is 3.24. The molecular weight excluding hydrogens is 179 g/mol. The summed E-state index contributed by atoms with van der Waals surface area (Å²) >= 11 is 0. The molecule has 1 aromatic heterocycles. The van der Waals surface area contributed by atoms with Gasteiger partial charge in [0.05, 0.1) is 12.4 Å². The summed E-state index contributed by atoms with van der Waals surface area (Å²) in [6.45, 7) is 2.05. The van der Waals surface area contributed by atoms with Crippen molar-refractivity contribution in [3.8, 4) is 0 Å². The summed E-state index contributed by atoms with van der Waals surface area (Å²) < 4.78 is 14.7. The fourth-order valence-corrected chi connectivity index (χ4v) is 1.41. The van der Waals surface area contributed by atoms with E-state index in [9.17, 15) is 4.39 Å². The van der Waals surface area contributed by atoms with Crippen LogP contribution < -0.4 is 0 Å². The monoisotopic (exact) mass is 190 g/mol. The van der Waals surface area contributed by atoms with Crippen LogP contribution in [0, 0.1) is 5.82 Å². The van der Waals surface area contributed by atoms with Crippen molar-refractivity contribution < 1.29 is 4.39 Å². The van der Waals surface area contributed by atoms with Gasteiger partial charge in [0.2, 0.25) is 0 Å². The molecule has 0 aliphatic heterocycles. The van der Waals surface area contributed by atoms with Gasteiger partial charge in [0.1, 0.15) is 5.82 Å². The van der Waals surface area contributed by atoms with Crippen molar-refractivity contribution in [3.63, 3.8) is 0 Å². The quantitative estimate of drug-likeness (QED) is 0.711. The molecule has 1 aromatic carbocycles. The first-order valence-corrected chi connectivity index (χ1v) is 4.50. The molecule has 0 saturated heterocycles. The van der Waals surface area contributed by atoms with Gasteiger partial charge in [-0.1, -0.05) is 12.1 Å². The molecule has 0 saturated carbocycles. The molecule has 0 aliphatic carbocycles. The van der Waals surface area contributed by atoms with Gasteiger partial charge in [-0.3, -0.25) is 0 Å². The Hall–Kier alpha value is -1.64. The summed E-state index contributed by atoms with van der Waals surface area (Å²) in [5.74, 6) is -0.202. The number of imidazole rings is 1. The first-order chi connectivity index (χ1) is 6.77. The number of aromatic nitrogens is 2. The van der Waals surface area contributed by atoms with Crippen LogP contribution >= 0.6 is 0 Å². The van der Waals surface area contributed by atoms with Gasteiger partial charge in [0.25, 0.3) is 0 Å². The van der Waals surface area contributed by atoms with E-state index >= 15 is 0 Å². The smallest absolute Gasteiger partial charge is 0.123 e. The molecule has 1 unspecified atom stereocenters. The minimum atomic E-state index is -0.202. The van der Waals surface area contributed by atoms with Gasteiger partial charge in [0, 0.05) is 12.4 Å². The van der Waals surface area contributed by atoms with E-state index in [-0.39, 0.29) is 11.9 Å². The summed E-state index contributed by atoms with van der Waals surface area (Å²) in [4.78, 5) is 3.98. The Kier molecular flexibility index (Phi) is 2.31. The largest absolute Gasteiger partial charge is 0.330 e. The van der Waals surface area contributed by atoms with E-state index in [0.717, 1.165) is 5.56 Å². The minimum absolute atomic E-state index is 0.193. The molecule has 2 aromatic rings. The topological polar surface area (TPSA) is 17.8 Å². The third kappa shape index (κ3) is 1.66. The predicted molar refractivity (Wildman–Crippen MR) is 52.4 cm³/mol. The van der Waals surface area contributed by atoms with Crippen molar-refractivity contribution in [1.82, 2.24) is 9.55 Å². The van der Waals surface area contributed by atoms with Crippen molar-refractivity contribution in [2.24, 2.45) is 0 Å². The van der Waals surface area contributed by atoms with E-state index in [0.29, 0.717) is 0 Å². The zero-order valence-corrected chi connectivity index (χ0v) is 7.89. The van der Waals surface area contributed by atoms with E-state index in [1.807, 2.05) is 10.8 Å². The second-order valence-electron chi connectivity index (χ2n) is 3.24. The van der Waals surface area contributed by atoms with Gasteiger partial charge in [-0.2, -0.15) is 0 Å². The van der Waals surface area contributed by atoms with Crippen molar-refractivity contribution in [3.05, 3.63) is 54.4 Å². The van der Waals surface area contributed by atoms with Crippen LogP contribution in [0.5, 0.6) is 0 Å². The second kappa shape index (κ2) is 3.62. The van der Waals surface area contributed by atoms with Crippen LogP contribution in [0.25, 0.3) is 0 Å². The average Bonchev–Trinajstić information content (AvgIpc) is 2.71. The van der Waals surface area contributed by atoms with Crippen LogP contribution in [-0.4, -0.2) is 9.55 Å². The zero-order valence-electron chi connectivity index (χ0n) is 7.89. The Morgan fingerprint density at radius 1 is 1.29 bits per heavy atom. The summed E-state index contributed by atoms with van der Waals surface area (Å²) in [5.41, 5.74) is 1.07. The van der Waals surface area contributed by atoms with Crippen LogP contribution in [0.4, 0.5) is 4.39 Å². The number of halogens is 1. The van der Waals surface area contributed by atoms with Gasteiger partial charge < -0.3 is 4.57 Å². The maximum atomic E-state index is 12.7. The predicted octanol–water partition coefficient (Wildman–Crippen LogP) is 2.63. The van der Waals surface area contributed by atoms with Gasteiger partial charge >= 0.3 is 0 Å². The average molecular weight is 190 g/mol. The molecule has 14 heavy (non-hydrogen) atoms. The Bertz CT molecular complexity index is 392. The number of nitrogens with zero attached hydrogens (tertiary/aromatic N) is 2. The molecule has 2 nitrogen and oxygen atoms in total. The summed E-state index contributed by atoms with van der Waals surface area (Å²) in [6, 6.07) is 6.73. The van der Waals surface area contributed by atoms with Crippen LogP contribution in [-0.2, 0) is 0 Å². The molecule has 2 rings (SSSR count). The van der Waals surface area contributed by atoms with E-state index in [4.69, 9.17) is 0 Å². The highest BCUT2D eigenvalue weighted by Crippen LogP contribution is 2.17. The highest BCUT2D eigenvalue weighted by atomic mass is 19.1. The fourth-order valence-electron chi connectivity index (χ4n) is 1.41. The van der Waals surface area contributed by atoms with Gasteiger partial charge in [-0.15, -0.1) is 0 Å². The van der Waals surface area contributed by atoms with Crippen LogP contribution in [0.15, 0.2) is 43.0 Å². The third-order valence-corrected chi connectivity index (χ3v) is 2.32. The first-order valence-electron chi connectivity index (χ1n) is 4.50. The molecule has 3 heteroatoms. The molecule has 1 heterocycles. The van der Waals surface area contributed by atoms with Gasteiger partial charge in [-0.05, 0) is 24.6 Å². The number of benzene rings is 1. The molecule has 0 spiro atoms. The maximum Gasteiger partial charge on any atom is 0.123 e. The Balaban J connectivity index is 2.28. The Labute approximate surface area is 82.0 Å². The van der Waals surface area contributed by atoms with Crippen molar-refractivity contribution in [2.45, 2.75) is 13.0 Å². The molecule has 0 N–H and O–H groups in total. The lowest BCUT2D eigenvalue weighted by Crippen LogP contribution is -2.03. The molecular formula is C11H11FN2. The lowest BCUT2D eigenvalue weighted by atomic mass is 10.1. The first kappa shape index (κ1) is 8.94. The van der Waals surface area contributed by atoms with Crippen LogP contribution in [0.3, 0.4) is 0 Å². The highest BCUT2D eigenvalue weighted by Gasteiger charge is 2.05. The molecule has 0 radical (unpaired) electrons. The van der Waals surface area contributed by atoms with Crippen LogP contribution in [0.1, 0.15) is 18.5 Å². The van der Waals surface area contributed by atoms with E-state index in [1.54, 1.807) is 24.7 Å². The SMILES string of the molecule is CC(c1ccc(F)cc1)n1ccnc1. The van der Waals surface area contributed by atoms with E-state index in [2.05, 4.69) is 11.9 Å². The number of rotatable bonds is 2. The normalized spacial score (nSPS) is 12.7. The molecule has 1 atom stereocenters. The highest BCUT2D eigenvalue weighted by molar-refractivity contribution is 5.20. The minimum Gasteiger partial charge on any atom is -0.330 e. The third-order valence-electron chi connectivity index (χ3n) is 2.32. The summed E-state index contributed by atoms with van der Waals surface area (Å²) in [7, 11) is 0. The number of hydrogen-bond donors (Lipinski definition) is 0. The Morgan fingerprint density at radius 3 is 2.57 bits per heavy atom. The standard InChI is InChI=1S/C11H11FN2/c1-9(14-7-6-13-8-14)10-2-4-11(12)5-3-10/h2-9H,1H3. The van der Waals surface area contributed by atoms with E-state index < -0.39 is 0 Å². The molecule has 0 bridgehead atoms. The van der Waals surface area contributed by atoms with E-state index in [1.165, 1.54) is 12.1 Å².